The lowest BCUT2D eigenvalue weighted by molar-refractivity contribution is 0.0504. The van der Waals surface area contributed by atoms with Crippen molar-refractivity contribution >= 4 is 11.7 Å². The summed E-state index contributed by atoms with van der Waals surface area (Å²) in [6.45, 7) is 6.85. The molecule has 2 fully saturated rings. The van der Waals surface area contributed by atoms with Crippen molar-refractivity contribution in [2.75, 3.05) is 7.11 Å². The highest BCUT2D eigenvalue weighted by atomic mass is 16.7. The van der Waals surface area contributed by atoms with E-state index in [9.17, 15) is 4.79 Å². The van der Waals surface area contributed by atoms with E-state index in [1.54, 1.807) is 18.2 Å². The van der Waals surface area contributed by atoms with Crippen LogP contribution in [0.1, 0.15) is 50.4 Å². The van der Waals surface area contributed by atoms with Gasteiger partial charge in [-0.25, -0.2) is 4.79 Å². The molecule has 0 spiro atoms. The zero-order valence-corrected chi connectivity index (χ0v) is 13.7. The smallest absolute Gasteiger partial charge is 0.369 e. The minimum absolute atomic E-state index is 0.0404. The highest BCUT2D eigenvalue weighted by Crippen LogP contribution is 2.64. The third-order valence-electron chi connectivity index (χ3n) is 6.08. The summed E-state index contributed by atoms with van der Waals surface area (Å²) >= 11 is 0. The molecule has 0 N–H and O–H groups in total. The number of benzene rings is 1. The molecule has 0 aromatic heterocycles. The van der Waals surface area contributed by atoms with Crippen LogP contribution in [0, 0.1) is 16.7 Å². The van der Waals surface area contributed by atoms with E-state index >= 15 is 0 Å². The average molecular weight is 301 g/mol. The predicted octanol–water partition coefficient (Wildman–Crippen LogP) is 4.05. The summed E-state index contributed by atoms with van der Waals surface area (Å²) < 4.78 is 5.19. The number of hydrogen-bond acceptors (Lipinski definition) is 4. The zero-order chi connectivity index (χ0) is 16.0. The number of hydrogen-bond donors (Lipinski definition) is 0. The maximum atomic E-state index is 12.2. The van der Waals surface area contributed by atoms with Crippen molar-refractivity contribution in [2.45, 2.75) is 40.0 Å². The summed E-state index contributed by atoms with van der Waals surface area (Å²) in [5.74, 6) is 0.683. The molecule has 118 valence electrons. The first-order valence-electron chi connectivity index (χ1n) is 7.82. The van der Waals surface area contributed by atoms with Crippen LogP contribution >= 0.6 is 0 Å². The van der Waals surface area contributed by atoms with E-state index in [1.165, 1.54) is 13.5 Å². The van der Waals surface area contributed by atoms with Crippen LogP contribution in [0.25, 0.3) is 0 Å². The van der Waals surface area contributed by atoms with Gasteiger partial charge in [-0.15, -0.1) is 0 Å². The van der Waals surface area contributed by atoms with Gasteiger partial charge in [-0.05, 0) is 42.7 Å². The van der Waals surface area contributed by atoms with Crippen molar-refractivity contribution in [3.8, 4) is 5.75 Å². The summed E-state index contributed by atoms with van der Waals surface area (Å²) in [6, 6.07) is 7.04. The van der Waals surface area contributed by atoms with Crippen molar-refractivity contribution in [2.24, 2.45) is 21.9 Å². The Bertz CT molecular complexity index is 635. The van der Waals surface area contributed by atoms with Crippen LogP contribution in [0.15, 0.2) is 29.4 Å². The van der Waals surface area contributed by atoms with E-state index in [0.29, 0.717) is 17.2 Å². The molecule has 1 aromatic carbocycles. The second-order valence-corrected chi connectivity index (χ2v) is 7.11. The summed E-state index contributed by atoms with van der Waals surface area (Å²) in [4.78, 5) is 17.5. The van der Waals surface area contributed by atoms with E-state index in [0.717, 1.165) is 18.6 Å². The number of carbonyl (C=O) groups excluding carboxylic acids is 1. The average Bonchev–Trinajstić information content (AvgIpc) is 2.85. The van der Waals surface area contributed by atoms with Crippen LogP contribution in [0.2, 0.25) is 0 Å². The van der Waals surface area contributed by atoms with Crippen molar-refractivity contribution in [3.63, 3.8) is 0 Å². The van der Waals surface area contributed by atoms with Crippen LogP contribution in [0.4, 0.5) is 0 Å². The molecule has 0 amide bonds. The molecule has 3 rings (SSSR count). The van der Waals surface area contributed by atoms with Gasteiger partial charge < -0.3 is 9.57 Å². The van der Waals surface area contributed by atoms with Crippen LogP contribution in [-0.2, 0) is 4.84 Å². The lowest BCUT2D eigenvalue weighted by Crippen LogP contribution is -2.32. The molecule has 2 bridgehead atoms. The predicted molar refractivity (Wildman–Crippen MR) is 85.1 cm³/mol. The fraction of sp³-hybridized carbons (Fsp3) is 0.556. The fourth-order valence-corrected chi connectivity index (χ4v) is 4.03. The van der Waals surface area contributed by atoms with Gasteiger partial charge in [-0.3, -0.25) is 0 Å². The molecule has 0 unspecified atom stereocenters. The number of rotatable bonds is 3. The minimum atomic E-state index is -0.464. The fourth-order valence-electron chi connectivity index (χ4n) is 4.03. The van der Waals surface area contributed by atoms with Gasteiger partial charge in [0.1, 0.15) is 11.3 Å². The molecule has 0 saturated heterocycles. The molecule has 22 heavy (non-hydrogen) atoms. The van der Waals surface area contributed by atoms with E-state index in [4.69, 9.17) is 9.57 Å². The number of methoxy groups -OCH3 is 1. The van der Waals surface area contributed by atoms with Gasteiger partial charge in [-0.1, -0.05) is 38.1 Å². The van der Waals surface area contributed by atoms with E-state index < -0.39 is 5.97 Å². The maximum Gasteiger partial charge on any atom is 0.369 e. The quantitative estimate of drug-likeness (QED) is 0.625. The van der Waals surface area contributed by atoms with Crippen LogP contribution in [0.5, 0.6) is 5.75 Å². The van der Waals surface area contributed by atoms with Gasteiger partial charge in [-0.2, -0.15) is 0 Å². The monoisotopic (exact) mass is 301 g/mol. The minimum Gasteiger partial charge on any atom is -0.496 e. The molecule has 0 heterocycles. The topological polar surface area (TPSA) is 47.9 Å². The lowest BCUT2D eigenvalue weighted by Gasteiger charge is -2.34. The number of oxime groups is 1. The number of carbonyl (C=O) groups is 1. The van der Waals surface area contributed by atoms with Crippen LogP contribution in [-0.4, -0.2) is 18.8 Å². The first-order valence-corrected chi connectivity index (χ1v) is 7.82. The summed E-state index contributed by atoms with van der Waals surface area (Å²) in [6.07, 6.45) is 3.29. The number of fused-ring (bicyclic) bond motifs is 2. The second kappa shape index (κ2) is 5.11. The Kier molecular flexibility index (Phi) is 3.50. The Balaban J connectivity index is 1.80. The lowest BCUT2D eigenvalue weighted by atomic mass is 9.70. The SMILES string of the molecule is COc1ccccc1C(=O)O/N=C1\C[C@H]2CC[C@]1(C)C2(C)C. The number of ether oxygens (including phenoxy) is 1. The number of nitrogens with zero attached hydrogens (tertiary/aromatic N) is 1. The first-order chi connectivity index (χ1) is 10.4. The first kappa shape index (κ1) is 15.1. The van der Waals surface area contributed by atoms with Gasteiger partial charge in [0.2, 0.25) is 0 Å². The summed E-state index contributed by atoms with van der Waals surface area (Å²) in [5, 5.41) is 4.24. The molecule has 4 heteroatoms. The van der Waals surface area contributed by atoms with Gasteiger partial charge >= 0.3 is 5.97 Å². The molecular weight excluding hydrogens is 278 g/mol. The number of para-hydroxylation sites is 1. The van der Waals surface area contributed by atoms with E-state index in [2.05, 4.69) is 25.9 Å². The molecular formula is C18H23NO3. The van der Waals surface area contributed by atoms with Crippen LogP contribution < -0.4 is 4.74 Å². The summed E-state index contributed by atoms with van der Waals surface area (Å²) in [7, 11) is 1.54. The van der Waals surface area contributed by atoms with Crippen LogP contribution in [0.3, 0.4) is 0 Å². The Morgan fingerprint density at radius 1 is 1.27 bits per heavy atom. The highest BCUT2D eigenvalue weighted by Gasteiger charge is 2.60. The van der Waals surface area contributed by atoms with Gasteiger partial charge in [0.25, 0.3) is 0 Å². The molecule has 2 aliphatic rings. The molecule has 0 radical (unpaired) electrons. The van der Waals surface area contributed by atoms with Crippen molar-refractivity contribution in [1.29, 1.82) is 0 Å². The molecule has 1 aromatic rings. The highest BCUT2D eigenvalue weighted by molar-refractivity contribution is 5.96. The largest absolute Gasteiger partial charge is 0.496 e. The van der Waals surface area contributed by atoms with E-state index in [1.807, 2.05) is 6.07 Å². The van der Waals surface area contributed by atoms with Crippen molar-refractivity contribution in [3.05, 3.63) is 29.8 Å². The summed E-state index contributed by atoms with van der Waals surface area (Å²) in [5.41, 5.74) is 1.69. The van der Waals surface area contributed by atoms with Gasteiger partial charge in [0.05, 0.1) is 12.8 Å². The molecule has 2 aliphatic carbocycles. The molecule has 0 aliphatic heterocycles. The third kappa shape index (κ3) is 2.04. The third-order valence-corrected chi connectivity index (χ3v) is 6.08. The normalized spacial score (nSPS) is 30.5. The standard InChI is InChI=1S/C18H23NO3/c1-17(2)12-9-10-18(17,3)15(11-12)19-22-16(20)13-7-5-6-8-14(13)21-4/h5-8,12H,9-11H2,1-4H3/b19-15+/t12-,18+/m1/s1. The van der Waals surface area contributed by atoms with E-state index in [-0.39, 0.29) is 10.8 Å². The van der Waals surface area contributed by atoms with Gasteiger partial charge in [0, 0.05) is 5.41 Å². The molecule has 4 nitrogen and oxygen atoms in total. The Labute approximate surface area is 131 Å². The van der Waals surface area contributed by atoms with Crippen molar-refractivity contribution in [1.82, 2.24) is 0 Å². The Morgan fingerprint density at radius 3 is 2.59 bits per heavy atom. The van der Waals surface area contributed by atoms with Crippen molar-refractivity contribution < 1.29 is 14.4 Å². The second-order valence-electron chi connectivity index (χ2n) is 7.11. The van der Waals surface area contributed by atoms with Gasteiger partial charge in [0.15, 0.2) is 0 Å². The molecule has 2 saturated carbocycles. The Morgan fingerprint density at radius 2 is 2.00 bits per heavy atom. The maximum absolute atomic E-state index is 12.2. The molecule has 2 atom stereocenters. The Hall–Kier alpha value is -1.84. The zero-order valence-electron chi connectivity index (χ0n) is 13.7.